The topological polar surface area (TPSA) is 58.1 Å². The van der Waals surface area contributed by atoms with Crippen LogP contribution in [0.2, 0.25) is 0 Å². The molecule has 1 saturated heterocycles. The van der Waals surface area contributed by atoms with Gasteiger partial charge in [-0.1, -0.05) is 6.92 Å². The Morgan fingerprint density at radius 2 is 2.00 bits per heavy atom. The molecular weight excluding hydrogens is 216 g/mol. The highest BCUT2D eigenvalue weighted by Gasteiger charge is 2.14. The van der Waals surface area contributed by atoms with E-state index in [2.05, 4.69) is 20.2 Å². The molecule has 1 amide bonds. The summed E-state index contributed by atoms with van der Waals surface area (Å²) < 4.78 is 0. The molecule has 1 aliphatic heterocycles. The molecule has 0 radical (unpaired) electrons. The molecule has 17 heavy (non-hydrogen) atoms. The highest BCUT2D eigenvalue weighted by molar-refractivity contribution is 5.90. The Hall–Kier alpha value is -1.65. The van der Waals surface area contributed by atoms with Gasteiger partial charge in [-0.05, 0) is 19.3 Å². The van der Waals surface area contributed by atoms with Crippen molar-refractivity contribution in [3.63, 3.8) is 0 Å². The number of nitrogens with one attached hydrogen (secondary N) is 1. The molecular formula is C12H18N4O. The number of nitrogens with zero attached hydrogens (tertiary/aromatic N) is 3. The van der Waals surface area contributed by atoms with Gasteiger partial charge in [-0.3, -0.25) is 4.79 Å². The molecule has 1 aromatic rings. The van der Waals surface area contributed by atoms with Crippen molar-refractivity contribution in [2.75, 3.05) is 23.3 Å². The minimum atomic E-state index is 0.0185. The summed E-state index contributed by atoms with van der Waals surface area (Å²) in [5, 5.41) is 2.78. The van der Waals surface area contributed by atoms with Gasteiger partial charge in [0.1, 0.15) is 0 Å². The third-order valence-corrected chi connectivity index (χ3v) is 2.79. The van der Waals surface area contributed by atoms with E-state index < -0.39 is 0 Å². The van der Waals surface area contributed by atoms with E-state index in [9.17, 15) is 4.79 Å². The Balaban J connectivity index is 1.95. The van der Waals surface area contributed by atoms with Gasteiger partial charge in [-0.15, -0.1) is 0 Å². The lowest BCUT2D eigenvalue weighted by Crippen LogP contribution is -2.20. The number of carbonyl (C=O) groups is 1. The smallest absolute Gasteiger partial charge is 0.225 e. The van der Waals surface area contributed by atoms with Crippen molar-refractivity contribution in [3.8, 4) is 0 Å². The van der Waals surface area contributed by atoms with Gasteiger partial charge in [-0.25, -0.2) is 9.97 Å². The van der Waals surface area contributed by atoms with Crippen LogP contribution < -0.4 is 10.2 Å². The maximum absolute atomic E-state index is 11.4. The van der Waals surface area contributed by atoms with E-state index in [-0.39, 0.29) is 5.91 Å². The Bertz CT molecular complexity index is 371. The summed E-state index contributed by atoms with van der Waals surface area (Å²) in [7, 11) is 0. The summed E-state index contributed by atoms with van der Waals surface area (Å²) in [4.78, 5) is 22.1. The molecule has 0 bridgehead atoms. The van der Waals surface area contributed by atoms with Crippen LogP contribution in [0.5, 0.6) is 0 Å². The highest BCUT2D eigenvalue weighted by Crippen LogP contribution is 2.16. The van der Waals surface area contributed by atoms with E-state index in [0.717, 1.165) is 25.5 Å². The van der Waals surface area contributed by atoms with Crippen molar-refractivity contribution in [1.29, 1.82) is 0 Å². The zero-order valence-electron chi connectivity index (χ0n) is 10.1. The Kier molecular flexibility index (Phi) is 3.90. The Labute approximate surface area is 101 Å². The van der Waals surface area contributed by atoms with Crippen LogP contribution in [-0.4, -0.2) is 29.0 Å². The summed E-state index contributed by atoms with van der Waals surface area (Å²) in [6.07, 6.45) is 7.14. The van der Waals surface area contributed by atoms with E-state index in [1.54, 1.807) is 12.4 Å². The van der Waals surface area contributed by atoms with Crippen LogP contribution in [0, 0.1) is 0 Å². The first-order chi connectivity index (χ1) is 8.29. The second-order valence-corrected chi connectivity index (χ2v) is 4.26. The maximum atomic E-state index is 11.4. The molecule has 0 saturated carbocycles. The lowest BCUT2D eigenvalue weighted by Gasteiger charge is -2.14. The molecule has 0 aliphatic carbocycles. The zero-order valence-corrected chi connectivity index (χ0v) is 10.1. The number of aromatic nitrogens is 2. The van der Waals surface area contributed by atoms with E-state index in [1.807, 2.05) is 6.92 Å². The second kappa shape index (κ2) is 5.61. The van der Waals surface area contributed by atoms with Gasteiger partial charge in [0.2, 0.25) is 11.9 Å². The number of hydrogen-bond donors (Lipinski definition) is 1. The van der Waals surface area contributed by atoms with Crippen molar-refractivity contribution in [2.24, 2.45) is 0 Å². The summed E-state index contributed by atoms with van der Waals surface area (Å²) in [5.41, 5.74) is 0.673. The van der Waals surface area contributed by atoms with Crippen molar-refractivity contribution in [3.05, 3.63) is 12.4 Å². The average molecular weight is 234 g/mol. The standard InChI is InChI=1S/C12H18N4O/c1-2-5-11(17)15-10-8-13-12(14-9-10)16-6-3-4-7-16/h8-9H,2-7H2,1H3,(H,15,17). The zero-order chi connectivity index (χ0) is 12.1. The van der Waals surface area contributed by atoms with Gasteiger partial charge in [-0.2, -0.15) is 0 Å². The van der Waals surface area contributed by atoms with Crippen molar-refractivity contribution in [2.45, 2.75) is 32.6 Å². The number of amides is 1. The number of hydrogen-bond acceptors (Lipinski definition) is 4. The lowest BCUT2D eigenvalue weighted by molar-refractivity contribution is -0.116. The summed E-state index contributed by atoms with van der Waals surface area (Å²) in [6.45, 7) is 4.04. The largest absolute Gasteiger partial charge is 0.341 e. The van der Waals surface area contributed by atoms with Gasteiger partial charge in [0.15, 0.2) is 0 Å². The first-order valence-corrected chi connectivity index (χ1v) is 6.16. The average Bonchev–Trinajstić information content (AvgIpc) is 2.84. The van der Waals surface area contributed by atoms with Crippen molar-refractivity contribution < 1.29 is 4.79 Å². The molecule has 5 heteroatoms. The van der Waals surface area contributed by atoms with E-state index >= 15 is 0 Å². The predicted molar refractivity (Wildman–Crippen MR) is 67.0 cm³/mol. The first kappa shape index (κ1) is 11.8. The Morgan fingerprint density at radius 3 is 2.59 bits per heavy atom. The molecule has 0 spiro atoms. The second-order valence-electron chi connectivity index (χ2n) is 4.26. The normalized spacial score (nSPS) is 15.0. The van der Waals surface area contributed by atoms with Gasteiger partial charge in [0.25, 0.3) is 0 Å². The summed E-state index contributed by atoms with van der Waals surface area (Å²) in [6, 6.07) is 0. The van der Waals surface area contributed by atoms with Gasteiger partial charge in [0, 0.05) is 19.5 Å². The van der Waals surface area contributed by atoms with Crippen LogP contribution in [0.25, 0.3) is 0 Å². The van der Waals surface area contributed by atoms with Crippen LogP contribution in [0.4, 0.5) is 11.6 Å². The van der Waals surface area contributed by atoms with Crippen LogP contribution in [0.3, 0.4) is 0 Å². The van der Waals surface area contributed by atoms with Crippen LogP contribution in [-0.2, 0) is 4.79 Å². The van der Waals surface area contributed by atoms with E-state index in [1.165, 1.54) is 12.8 Å². The highest BCUT2D eigenvalue weighted by atomic mass is 16.1. The third-order valence-electron chi connectivity index (χ3n) is 2.79. The fourth-order valence-corrected chi connectivity index (χ4v) is 1.92. The van der Waals surface area contributed by atoms with Crippen LogP contribution in [0.15, 0.2) is 12.4 Å². The minimum absolute atomic E-state index is 0.0185. The lowest BCUT2D eigenvalue weighted by atomic mass is 10.3. The summed E-state index contributed by atoms with van der Waals surface area (Å²) in [5.74, 6) is 0.779. The molecule has 92 valence electrons. The molecule has 1 aliphatic rings. The van der Waals surface area contributed by atoms with Gasteiger partial charge < -0.3 is 10.2 Å². The fraction of sp³-hybridized carbons (Fsp3) is 0.583. The predicted octanol–water partition coefficient (Wildman–Crippen LogP) is 1.82. The monoisotopic (exact) mass is 234 g/mol. The number of carbonyl (C=O) groups excluding carboxylic acids is 1. The van der Waals surface area contributed by atoms with Crippen LogP contribution in [0.1, 0.15) is 32.6 Å². The van der Waals surface area contributed by atoms with Crippen LogP contribution >= 0.6 is 0 Å². The van der Waals surface area contributed by atoms with Gasteiger partial charge >= 0.3 is 0 Å². The van der Waals surface area contributed by atoms with E-state index in [0.29, 0.717) is 12.1 Å². The molecule has 1 N–H and O–H groups in total. The number of anilines is 2. The molecule has 5 nitrogen and oxygen atoms in total. The number of rotatable bonds is 4. The van der Waals surface area contributed by atoms with Crippen molar-refractivity contribution in [1.82, 2.24) is 9.97 Å². The molecule has 2 heterocycles. The molecule has 0 unspecified atom stereocenters. The summed E-state index contributed by atoms with van der Waals surface area (Å²) >= 11 is 0. The molecule has 1 aromatic heterocycles. The first-order valence-electron chi connectivity index (χ1n) is 6.16. The molecule has 0 atom stereocenters. The Morgan fingerprint density at radius 1 is 1.35 bits per heavy atom. The minimum Gasteiger partial charge on any atom is -0.341 e. The maximum Gasteiger partial charge on any atom is 0.225 e. The fourth-order valence-electron chi connectivity index (χ4n) is 1.92. The van der Waals surface area contributed by atoms with Crippen molar-refractivity contribution >= 4 is 17.5 Å². The third kappa shape index (κ3) is 3.15. The van der Waals surface area contributed by atoms with Gasteiger partial charge in [0.05, 0.1) is 18.1 Å². The molecule has 2 rings (SSSR count). The SMILES string of the molecule is CCCC(=O)Nc1cnc(N2CCCC2)nc1. The van der Waals surface area contributed by atoms with E-state index in [4.69, 9.17) is 0 Å². The quantitative estimate of drug-likeness (QED) is 0.863. The molecule has 1 fully saturated rings. The molecule has 0 aromatic carbocycles.